The molecule has 3 aromatic heterocycles. The Labute approximate surface area is 156 Å². The van der Waals surface area contributed by atoms with Crippen molar-refractivity contribution in [1.29, 1.82) is 0 Å². The topological polar surface area (TPSA) is 85.6 Å². The number of halogens is 4. The van der Waals surface area contributed by atoms with Crippen LogP contribution >= 0.6 is 11.6 Å². The van der Waals surface area contributed by atoms with Crippen molar-refractivity contribution in [3.05, 3.63) is 47.1 Å². The van der Waals surface area contributed by atoms with Crippen molar-refractivity contribution in [2.24, 2.45) is 0 Å². The lowest BCUT2D eigenvalue weighted by atomic mass is 10.2. The monoisotopic (exact) mass is 420 g/mol. The van der Waals surface area contributed by atoms with Gasteiger partial charge in [0.15, 0.2) is 0 Å². The van der Waals surface area contributed by atoms with Crippen LogP contribution in [-0.2, 0) is 16.4 Å². The number of alkyl halides is 2. The molecule has 0 aliphatic heterocycles. The Hall–Kier alpha value is -2.53. The Morgan fingerprint density at radius 1 is 1.37 bits per heavy atom. The number of nitrogens with zero attached hydrogens (tertiary/aromatic N) is 3. The molecular formula is C15H12ClF3N4O3S. The molecule has 1 N–H and O–H groups in total. The quantitative estimate of drug-likeness (QED) is 0.662. The number of nitrogens with one attached hydrogen (secondary N) is 1. The van der Waals surface area contributed by atoms with Crippen LogP contribution in [0.5, 0.6) is 5.88 Å². The van der Waals surface area contributed by atoms with E-state index in [1.54, 1.807) is 0 Å². The summed E-state index contributed by atoms with van der Waals surface area (Å²) >= 11 is 5.83. The number of ether oxygens (including phenoxy) is 1. The molecule has 0 unspecified atom stereocenters. The predicted molar refractivity (Wildman–Crippen MR) is 91.5 cm³/mol. The summed E-state index contributed by atoms with van der Waals surface area (Å²) in [5, 5.41) is 4.26. The first kappa shape index (κ1) is 19.2. The fraction of sp³-hybridized carbons (Fsp3) is 0.200. The van der Waals surface area contributed by atoms with E-state index in [1.165, 1.54) is 22.8 Å². The highest BCUT2D eigenvalue weighted by atomic mass is 35.5. The molecule has 3 heterocycles. The van der Waals surface area contributed by atoms with Gasteiger partial charge in [-0.2, -0.15) is 5.10 Å². The zero-order chi connectivity index (χ0) is 19.8. The maximum absolute atomic E-state index is 14.0. The molecule has 0 aliphatic carbocycles. The van der Waals surface area contributed by atoms with E-state index in [2.05, 4.69) is 14.8 Å². The highest BCUT2D eigenvalue weighted by Gasteiger charge is 2.24. The minimum Gasteiger partial charge on any atom is -0.479 e. The summed E-state index contributed by atoms with van der Waals surface area (Å²) in [7, 11) is -3.05. The number of aromatic nitrogens is 3. The summed E-state index contributed by atoms with van der Waals surface area (Å²) < 4.78 is 72.7. The minimum atomic E-state index is -4.21. The lowest BCUT2D eigenvalue weighted by molar-refractivity contribution is 0.146. The third-order valence-corrected chi connectivity index (χ3v) is 5.14. The highest BCUT2D eigenvalue weighted by molar-refractivity contribution is 7.93. The molecule has 0 radical (unpaired) electrons. The van der Waals surface area contributed by atoms with Crippen LogP contribution in [0.4, 0.5) is 18.9 Å². The zero-order valence-corrected chi connectivity index (χ0v) is 15.2. The highest BCUT2D eigenvalue weighted by Crippen LogP contribution is 2.29. The second-order valence-electron chi connectivity index (χ2n) is 5.36. The van der Waals surface area contributed by atoms with E-state index < -0.39 is 34.4 Å². The van der Waals surface area contributed by atoms with E-state index in [4.69, 9.17) is 16.3 Å². The van der Waals surface area contributed by atoms with Crippen molar-refractivity contribution in [3.8, 4) is 5.88 Å². The molecule has 0 fully saturated rings. The Kier molecular flexibility index (Phi) is 5.16. The minimum absolute atomic E-state index is 0.196. The molecule has 0 atom stereocenters. The predicted octanol–water partition coefficient (Wildman–Crippen LogP) is 3.14. The summed E-state index contributed by atoms with van der Waals surface area (Å²) in [6.45, 7) is 0. The molecule has 0 saturated carbocycles. The van der Waals surface area contributed by atoms with Crippen LogP contribution in [0.25, 0.3) is 5.52 Å². The first-order valence-electron chi connectivity index (χ1n) is 7.38. The van der Waals surface area contributed by atoms with Crippen LogP contribution in [-0.4, -0.2) is 36.6 Å². The summed E-state index contributed by atoms with van der Waals surface area (Å²) in [6.07, 6.45) is -1.24. The van der Waals surface area contributed by atoms with Crippen molar-refractivity contribution in [2.75, 3.05) is 11.8 Å². The fourth-order valence-corrected chi connectivity index (χ4v) is 3.69. The molecule has 7 nitrogen and oxygen atoms in total. The molecule has 27 heavy (non-hydrogen) atoms. The van der Waals surface area contributed by atoms with Gasteiger partial charge in [-0.3, -0.25) is 4.72 Å². The molecule has 144 valence electrons. The lowest BCUT2D eigenvalue weighted by Gasteiger charge is -2.12. The maximum Gasteiger partial charge on any atom is 0.265 e. The number of rotatable bonds is 6. The first-order valence-corrected chi connectivity index (χ1v) is 9.24. The van der Waals surface area contributed by atoms with Gasteiger partial charge >= 0.3 is 0 Å². The SMILES string of the molecule is COc1nc(CC(F)F)c(F)cc1NS(=O)(=O)c1cnn2cc(Cl)ccc12. The van der Waals surface area contributed by atoms with Crippen LogP contribution in [0.3, 0.4) is 0 Å². The number of hydrogen-bond acceptors (Lipinski definition) is 5. The summed E-state index contributed by atoms with van der Waals surface area (Å²) in [6, 6.07) is 3.67. The zero-order valence-electron chi connectivity index (χ0n) is 13.7. The van der Waals surface area contributed by atoms with Gasteiger partial charge in [0.1, 0.15) is 16.4 Å². The van der Waals surface area contributed by atoms with Gasteiger partial charge in [-0.05, 0) is 12.1 Å². The largest absolute Gasteiger partial charge is 0.479 e. The standard InChI is InChI=1S/C15H12ClF3N4O3S/c1-26-15-11(4-9(17)10(21-15)5-14(18)19)22-27(24,25)13-6-20-23-7-8(16)2-3-12(13)23/h2-4,6-7,14,22H,5H2,1H3. The summed E-state index contributed by atoms with van der Waals surface area (Å²) in [4.78, 5) is 3.43. The van der Waals surface area contributed by atoms with Gasteiger partial charge in [-0.25, -0.2) is 31.1 Å². The van der Waals surface area contributed by atoms with Gasteiger partial charge in [-0.15, -0.1) is 0 Å². The van der Waals surface area contributed by atoms with Crippen molar-refractivity contribution in [3.63, 3.8) is 0 Å². The van der Waals surface area contributed by atoms with Crippen molar-refractivity contribution in [1.82, 2.24) is 14.6 Å². The van der Waals surface area contributed by atoms with Crippen LogP contribution in [0.2, 0.25) is 5.02 Å². The van der Waals surface area contributed by atoms with E-state index >= 15 is 0 Å². The molecule has 12 heteroatoms. The molecular weight excluding hydrogens is 409 g/mol. The van der Waals surface area contributed by atoms with Crippen molar-refractivity contribution in [2.45, 2.75) is 17.7 Å². The van der Waals surface area contributed by atoms with Gasteiger partial charge in [-0.1, -0.05) is 11.6 Å². The van der Waals surface area contributed by atoms with Crippen molar-refractivity contribution >= 4 is 32.8 Å². The first-order chi connectivity index (χ1) is 12.7. The van der Waals surface area contributed by atoms with Crippen LogP contribution in [0.15, 0.2) is 35.5 Å². The second kappa shape index (κ2) is 7.24. The molecule has 0 amide bonds. The van der Waals surface area contributed by atoms with Gasteiger partial charge in [0.25, 0.3) is 10.0 Å². The van der Waals surface area contributed by atoms with E-state index in [9.17, 15) is 21.6 Å². The summed E-state index contributed by atoms with van der Waals surface area (Å²) in [5.74, 6) is -1.42. The Morgan fingerprint density at radius 3 is 2.78 bits per heavy atom. The van der Waals surface area contributed by atoms with Crippen LogP contribution < -0.4 is 9.46 Å². The van der Waals surface area contributed by atoms with Gasteiger partial charge in [0.05, 0.1) is 36.0 Å². The Morgan fingerprint density at radius 2 is 2.11 bits per heavy atom. The average Bonchev–Trinajstić information content (AvgIpc) is 3.00. The Balaban J connectivity index is 2.01. The van der Waals surface area contributed by atoms with Crippen LogP contribution in [0.1, 0.15) is 5.69 Å². The number of methoxy groups -OCH3 is 1. The van der Waals surface area contributed by atoms with Gasteiger partial charge in [0.2, 0.25) is 12.3 Å². The van der Waals surface area contributed by atoms with E-state index in [-0.39, 0.29) is 22.0 Å². The lowest BCUT2D eigenvalue weighted by Crippen LogP contribution is -2.15. The fourth-order valence-electron chi connectivity index (χ4n) is 2.37. The number of pyridine rings is 2. The number of sulfonamides is 1. The molecule has 3 rings (SSSR count). The molecule has 0 bridgehead atoms. The third-order valence-electron chi connectivity index (χ3n) is 3.53. The molecule has 0 aromatic carbocycles. The summed E-state index contributed by atoms with van der Waals surface area (Å²) in [5.41, 5.74) is -0.634. The Bertz CT molecular complexity index is 1110. The molecule has 0 spiro atoms. The molecule has 0 saturated heterocycles. The third kappa shape index (κ3) is 3.93. The number of fused-ring (bicyclic) bond motifs is 1. The van der Waals surface area contributed by atoms with E-state index in [0.29, 0.717) is 5.02 Å². The van der Waals surface area contributed by atoms with E-state index in [0.717, 1.165) is 19.4 Å². The molecule has 0 aliphatic rings. The number of anilines is 1. The number of hydrogen-bond donors (Lipinski definition) is 1. The smallest absolute Gasteiger partial charge is 0.265 e. The van der Waals surface area contributed by atoms with Gasteiger partial charge < -0.3 is 4.74 Å². The normalized spacial score (nSPS) is 11.9. The van der Waals surface area contributed by atoms with E-state index in [1.807, 2.05) is 0 Å². The van der Waals surface area contributed by atoms with Crippen molar-refractivity contribution < 1.29 is 26.3 Å². The second-order valence-corrected chi connectivity index (χ2v) is 7.45. The maximum atomic E-state index is 14.0. The molecule has 3 aromatic rings. The van der Waals surface area contributed by atoms with Gasteiger partial charge in [0, 0.05) is 12.3 Å². The van der Waals surface area contributed by atoms with Crippen LogP contribution in [0, 0.1) is 5.82 Å². The average molecular weight is 421 g/mol.